The summed E-state index contributed by atoms with van der Waals surface area (Å²) in [4.78, 5) is 2.30. The Hall–Kier alpha value is -1.26. The lowest BCUT2D eigenvalue weighted by Crippen LogP contribution is -2.54. The third-order valence-corrected chi connectivity index (χ3v) is 3.75. The quantitative estimate of drug-likeness (QED) is 0.874. The van der Waals surface area contributed by atoms with Gasteiger partial charge in [0.25, 0.3) is 0 Å². The van der Waals surface area contributed by atoms with Crippen molar-refractivity contribution in [1.82, 2.24) is 0 Å². The average molecular weight is 249 g/mol. The molecule has 0 spiro atoms. The summed E-state index contributed by atoms with van der Waals surface area (Å²) in [6, 6.07) is 6.28. The predicted molar refractivity (Wildman–Crippen MR) is 69.2 cm³/mol. The highest BCUT2D eigenvalue weighted by molar-refractivity contribution is 5.61. The van der Waals surface area contributed by atoms with E-state index in [-0.39, 0.29) is 12.0 Å². The molecule has 0 unspecified atom stereocenters. The van der Waals surface area contributed by atoms with E-state index >= 15 is 0 Å². The Morgan fingerprint density at radius 1 is 1.39 bits per heavy atom. The highest BCUT2D eigenvalue weighted by Crippen LogP contribution is 2.36. The molecule has 1 aromatic carbocycles. The molecular formula is C14H19NO3. The van der Waals surface area contributed by atoms with Crippen LogP contribution < -0.4 is 9.64 Å². The van der Waals surface area contributed by atoms with Crippen molar-refractivity contribution >= 4 is 5.69 Å². The smallest absolute Gasteiger partial charge is 0.142 e. The van der Waals surface area contributed by atoms with E-state index in [4.69, 9.17) is 9.47 Å². The van der Waals surface area contributed by atoms with Crippen molar-refractivity contribution in [2.75, 3.05) is 44.4 Å². The summed E-state index contributed by atoms with van der Waals surface area (Å²) in [6.45, 7) is 5.98. The number of hydrogen-bond acceptors (Lipinski definition) is 4. The molecule has 0 atom stereocenters. The Morgan fingerprint density at radius 3 is 2.89 bits per heavy atom. The van der Waals surface area contributed by atoms with Crippen LogP contribution >= 0.6 is 0 Å². The topological polar surface area (TPSA) is 41.9 Å². The molecule has 4 nitrogen and oxygen atoms in total. The van der Waals surface area contributed by atoms with Crippen LogP contribution in [0.3, 0.4) is 0 Å². The van der Waals surface area contributed by atoms with Gasteiger partial charge >= 0.3 is 0 Å². The fourth-order valence-corrected chi connectivity index (χ4v) is 2.58. The van der Waals surface area contributed by atoms with E-state index in [1.807, 2.05) is 0 Å². The van der Waals surface area contributed by atoms with E-state index in [0.717, 1.165) is 24.5 Å². The van der Waals surface area contributed by atoms with Gasteiger partial charge in [-0.05, 0) is 24.6 Å². The molecular weight excluding hydrogens is 230 g/mol. The van der Waals surface area contributed by atoms with Crippen LogP contribution in [0.2, 0.25) is 0 Å². The molecule has 98 valence electrons. The van der Waals surface area contributed by atoms with E-state index in [9.17, 15) is 5.11 Å². The molecule has 1 N–H and O–H groups in total. The van der Waals surface area contributed by atoms with Crippen LogP contribution in [0.15, 0.2) is 18.2 Å². The predicted octanol–water partition coefficient (Wildman–Crippen LogP) is 1.20. The van der Waals surface area contributed by atoms with Crippen molar-refractivity contribution in [2.45, 2.75) is 6.92 Å². The Bertz CT molecular complexity index is 437. The van der Waals surface area contributed by atoms with Crippen LogP contribution in [0.25, 0.3) is 0 Å². The van der Waals surface area contributed by atoms with Gasteiger partial charge in [-0.15, -0.1) is 0 Å². The minimum Gasteiger partial charge on any atom is -0.490 e. The zero-order valence-electron chi connectivity index (χ0n) is 10.7. The third-order valence-electron chi connectivity index (χ3n) is 3.75. The molecule has 2 aliphatic heterocycles. The summed E-state index contributed by atoms with van der Waals surface area (Å²) in [5.74, 6) is 0.953. The van der Waals surface area contributed by atoms with Gasteiger partial charge in [0.05, 0.1) is 37.5 Å². The molecule has 0 aliphatic carbocycles. The Kier molecular flexibility index (Phi) is 2.92. The van der Waals surface area contributed by atoms with E-state index in [1.54, 1.807) is 0 Å². The van der Waals surface area contributed by atoms with Gasteiger partial charge in [0.2, 0.25) is 0 Å². The summed E-state index contributed by atoms with van der Waals surface area (Å²) in [5, 5.41) is 9.52. The molecule has 1 aromatic rings. The highest BCUT2D eigenvalue weighted by atomic mass is 16.5. The zero-order valence-corrected chi connectivity index (χ0v) is 10.7. The number of anilines is 1. The Balaban J connectivity index is 1.83. The lowest BCUT2D eigenvalue weighted by atomic mass is 9.86. The maximum atomic E-state index is 9.52. The van der Waals surface area contributed by atoms with Crippen molar-refractivity contribution < 1.29 is 14.6 Å². The Morgan fingerprint density at radius 2 is 2.22 bits per heavy atom. The number of aryl methyl sites for hydroxylation is 1. The second-order valence-electron chi connectivity index (χ2n) is 5.39. The third kappa shape index (κ3) is 1.95. The Labute approximate surface area is 107 Å². The molecule has 1 fully saturated rings. The molecule has 4 heteroatoms. The van der Waals surface area contributed by atoms with Crippen LogP contribution in [-0.2, 0) is 4.74 Å². The van der Waals surface area contributed by atoms with E-state index in [0.29, 0.717) is 19.8 Å². The molecule has 0 saturated carbocycles. The maximum Gasteiger partial charge on any atom is 0.142 e. The second-order valence-corrected chi connectivity index (χ2v) is 5.39. The van der Waals surface area contributed by atoms with Crippen molar-refractivity contribution in [2.24, 2.45) is 5.41 Å². The van der Waals surface area contributed by atoms with Crippen LogP contribution in [0, 0.1) is 12.3 Å². The largest absolute Gasteiger partial charge is 0.490 e. The first-order valence-electron chi connectivity index (χ1n) is 6.39. The summed E-state index contributed by atoms with van der Waals surface area (Å²) in [6.07, 6.45) is 0. The van der Waals surface area contributed by atoms with Crippen LogP contribution in [0.1, 0.15) is 5.56 Å². The SMILES string of the molecule is Cc1ccc2c(c1)OCCN2CC1(CO)COC1. The minimum absolute atomic E-state index is 0.0838. The molecule has 0 bridgehead atoms. The lowest BCUT2D eigenvalue weighted by molar-refractivity contribution is -0.131. The minimum atomic E-state index is -0.0838. The number of ether oxygens (including phenoxy) is 2. The molecule has 1 saturated heterocycles. The first-order valence-corrected chi connectivity index (χ1v) is 6.39. The van der Waals surface area contributed by atoms with Crippen LogP contribution in [0.5, 0.6) is 5.75 Å². The number of rotatable bonds is 3. The lowest BCUT2D eigenvalue weighted by Gasteiger charge is -2.45. The molecule has 2 heterocycles. The number of aliphatic hydroxyl groups is 1. The summed E-state index contributed by atoms with van der Waals surface area (Å²) >= 11 is 0. The number of aliphatic hydroxyl groups excluding tert-OH is 1. The van der Waals surface area contributed by atoms with Crippen molar-refractivity contribution in [3.63, 3.8) is 0 Å². The summed E-state index contributed by atoms with van der Waals surface area (Å²) in [7, 11) is 0. The van der Waals surface area contributed by atoms with Crippen LogP contribution in [-0.4, -0.2) is 44.6 Å². The van der Waals surface area contributed by atoms with E-state index in [2.05, 4.69) is 30.0 Å². The van der Waals surface area contributed by atoms with Crippen molar-refractivity contribution in [3.05, 3.63) is 23.8 Å². The molecule has 0 radical (unpaired) electrons. The average Bonchev–Trinajstić information content (AvgIpc) is 2.33. The number of hydrogen-bond donors (Lipinski definition) is 1. The number of benzene rings is 1. The monoisotopic (exact) mass is 249 g/mol. The fourth-order valence-electron chi connectivity index (χ4n) is 2.58. The first kappa shape index (κ1) is 11.8. The zero-order chi connectivity index (χ0) is 12.6. The second kappa shape index (κ2) is 4.44. The van der Waals surface area contributed by atoms with E-state index in [1.165, 1.54) is 5.56 Å². The van der Waals surface area contributed by atoms with Gasteiger partial charge in [-0.1, -0.05) is 6.07 Å². The summed E-state index contributed by atoms with van der Waals surface area (Å²) in [5.41, 5.74) is 2.26. The highest BCUT2D eigenvalue weighted by Gasteiger charge is 2.40. The van der Waals surface area contributed by atoms with Crippen molar-refractivity contribution in [1.29, 1.82) is 0 Å². The normalized spacial score (nSPS) is 20.9. The van der Waals surface area contributed by atoms with E-state index < -0.39 is 0 Å². The summed E-state index contributed by atoms with van der Waals surface area (Å²) < 4.78 is 11.0. The van der Waals surface area contributed by atoms with Gasteiger partial charge in [-0.2, -0.15) is 0 Å². The van der Waals surface area contributed by atoms with Gasteiger partial charge in [-0.3, -0.25) is 0 Å². The molecule has 18 heavy (non-hydrogen) atoms. The van der Waals surface area contributed by atoms with Gasteiger partial charge < -0.3 is 19.5 Å². The molecule has 0 amide bonds. The standard InChI is InChI=1S/C14H19NO3/c1-11-2-3-12-13(6-11)18-5-4-15(12)7-14(8-16)9-17-10-14/h2-3,6,16H,4-5,7-10H2,1H3. The molecule has 3 rings (SSSR count). The van der Waals surface area contributed by atoms with Crippen LogP contribution in [0.4, 0.5) is 5.69 Å². The maximum absolute atomic E-state index is 9.52. The first-order chi connectivity index (χ1) is 8.72. The van der Waals surface area contributed by atoms with Crippen molar-refractivity contribution in [3.8, 4) is 5.75 Å². The van der Waals surface area contributed by atoms with Gasteiger partial charge in [-0.25, -0.2) is 0 Å². The molecule has 2 aliphatic rings. The number of fused-ring (bicyclic) bond motifs is 1. The van der Waals surface area contributed by atoms with Gasteiger partial charge in [0.1, 0.15) is 12.4 Å². The van der Waals surface area contributed by atoms with Gasteiger partial charge in [0, 0.05) is 6.54 Å². The van der Waals surface area contributed by atoms with Gasteiger partial charge in [0.15, 0.2) is 0 Å². The number of nitrogens with zero attached hydrogens (tertiary/aromatic N) is 1. The fraction of sp³-hybridized carbons (Fsp3) is 0.571. The molecule has 0 aromatic heterocycles.